The van der Waals surface area contributed by atoms with Crippen molar-refractivity contribution in [3.63, 3.8) is 0 Å². The zero-order valence-electron chi connectivity index (χ0n) is 40.5. The van der Waals surface area contributed by atoms with Crippen LogP contribution in [-0.2, 0) is 56.8 Å². The number of rotatable bonds is 15. The molecule has 396 valence electrons. The lowest BCUT2D eigenvalue weighted by molar-refractivity contribution is -0.144. The van der Waals surface area contributed by atoms with Crippen LogP contribution >= 0.6 is 0 Å². The number of nitrogens with two attached hydrogens (primary N) is 2. The van der Waals surface area contributed by atoms with Crippen molar-refractivity contribution in [3.8, 4) is 0 Å². The lowest BCUT2D eigenvalue weighted by Gasteiger charge is -2.23. The number of aromatic nitrogens is 6. The summed E-state index contributed by atoms with van der Waals surface area (Å²) in [5.41, 5.74) is 12.7. The van der Waals surface area contributed by atoms with Crippen LogP contribution in [0, 0.1) is 46.5 Å². The van der Waals surface area contributed by atoms with Crippen LogP contribution in [-0.4, -0.2) is 78.1 Å². The Morgan fingerprint density at radius 2 is 0.947 bits per heavy atom. The lowest BCUT2D eigenvalue weighted by Crippen LogP contribution is -2.39. The number of benzene rings is 4. The number of carbonyl (C=O) groups is 4. The maximum atomic E-state index is 13.9. The van der Waals surface area contributed by atoms with Crippen molar-refractivity contribution in [2.45, 2.75) is 58.6 Å². The molecule has 4 aromatic carbocycles. The molecule has 0 atom stereocenters. The van der Waals surface area contributed by atoms with Crippen LogP contribution in [0.3, 0.4) is 0 Å². The summed E-state index contributed by atoms with van der Waals surface area (Å²) in [4.78, 5) is 62.2. The highest BCUT2D eigenvalue weighted by atomic mass is 28.3. The molecular weight excluding hydrogens is 1030 g/mol. The average molecular weight is 1080 g/mol. The third-order valence-electron chi connectivity index (χ3n) is 11.1. The van der Waals surface area contributed by atoms with Gasteiger partial charge in [-0.3, -0.25) is 24.3 Å². The van der Waals surface area contributed by atoms with Crippen LogP contribution < -0.4 is 22.1 Å². The Labute approximate surface area is 427 Å². The van der Waals surface area contributed by atoms with Crippen LogP contribution in [0.25, 0.3) is 21.8 Å². The summed E-state index contributed by atoms with van der Waals surface area (Å²) in [7, 11) is -1.33. The van der Waals surface area contributed by atoms with E-state index >= 15 is 0 Å². The Balaban J connectivity index is 0.000000226. The Morgan fingerprint density at radius 1 is 0.566 bits per heavy atom. The first kappa shape index (κ1) is 55.0. The summed E-state index contributed by atoms with van der Waals surface area (Å²) in [6, 6.07) is 11.4. The molecule has 0 spiro atoms. The monoisotopic (exact) mass is 1070 g/mol. The maximum absolute atomic E-state index is 13.9. The van der Waals surface area contributed by atoms with Gasteiger partial charge in [-0.05, 0) is 76.8 Å². The Bertz CT molecular complexity index is 3300. The molecule has 26 heteroatoms. The highest BCUT2D eigenvalue weighted by molar-refractivity contribution is 6.76. The van der Waals surface area contributed by atoms with Gasteiger partial charge in [-0.2, -0.15) is 10.2 Å². The van der Waals surface area contributed by atoms with Crippen molar-refractivity contribution in [1.29, 1.82) is 0 Å². The molecule has 0 radical (unpaired) electrons. The number of amides is 4. The lowest BCUT2D eigenvalue weighted by atomic mass is 10.1. The number of aromatic amines is 1. The Hall–Kier alpha value is -8.78. The van der Waals surface area contributed by atoms with E-state index in [2.05, 4.69) is 55.5 Å². The molecule has 0 fully saturated rings. The van der Waals surface area contributed by atoms with Crippen molar-refractivity contribution in [3.05, 3.63) is 166 Å². The second kappa shape index (κ2) is 23.6. The molecular formula is C50H46F8N12O5Si. The number of nitrogen functional groups attached to an aromatic ring is 2. The zero-order chi connectivity index (χ0) is 55.0. The molecule has 4 amide bonds. The second-order valence-corrected chi connectivity index (χ2v) is 24.0. The molecule has 0 aliphatic rings. The molecule has 17 nitrogen and oxygen atoms in total. The number of halogens is 8. The quantitative estimate of drug-likeness (QED) is 0.0284. The SMILES string of the molecule is C[Si](C)(C)CCOCn1ncc2c(N)ncc(NC(=O)C(=O)N(Cc3cc(F)cc(F)c3)Cc3cc(F)cc(F)c3)c21.Nc1ncc(NC(=O)C(=O)N(Cc2cc(F)cc(F)c2)Cc2cc(F)cc(F)c2)c2[nH]ncc12. The molecule has 8 rings (SSSR count). The van der Waals surface area contributed by atoms with Crippen LogP contribution in [0.5, 0.6) is 0 Å². The van der Waals surface area contributed by atoms with Gasteiger partial charge in [0.1, 0.15) is 64.9 Å². The molecule has 0 aliphatic heterocycles. The van der Waals surface area contributed by atoms with Gasteiger partial charge < -0.3 is 36.6 Å². The van der Waals surface area contributed by atoms with E-state index < -0.39 is 104 Å². The summed E-state index contributed by atoms with van der Waals surface area (Å²) in [6.07, 6.45) is 5.32. The molecule has 4 aromatic heterocycles. The first-order valence-corrected chi connectivity index (χ1v) is 26.4. The summed E-state index contributed by atoms with van der Waals surface area (Å²) >= 11 is 0. The van der Waals surface area contributed by atoms with E-state index in [1.54, 1.807) is 0 Å². The molecule has 0 saturated heterocycles. The summed E-state index contributed by atoms with van der Waals surface area (Å²) < 4.78 is 117. The van der Waals surface area contributed by atoms with Crippen molar-refractivity contribution < 1.29 is 59.0 Å². The minimum atomic E-state index is -1.33. The predicted molar refractivity (Wildman–Crippen MR) is 266 cm³/mol. The van der Waals surface area contributed by atoms with E-state index in [4.69, 9.17) is 16.2 Å². The third-order valence-corrected chi connectivity index (χ3v) is 12.8. The molecule has 0 bridgehead atoms. The fourth-order valence-corrected chi connectivity index (χ4v) is 8.37. The van der Waals surface area contributed by atoms with Gasteiger partial charge in [0.15, 0.2) is 0 Å². The van der Waals surface area contributed by atoms with Gasteiger partial charge in [-0.1, -0.05) is 19.6 Å². The van der Waals surface area contributed by atoms with Crippen LogP contribution in [0.2, 0.25) is 25.7 Å². The number of H-pyrrole nitrogens is 1. The van der Waals surface area contributed by atoms with Crippen molar-refractivity contribution >= 4 is 76.5 Å². The number of hydrogen-bond donors (Lipinski definition) is 5. The first-order chi connectivity index (χ1) is 36.0. The highest BCUT2D eigenvalue weighted by Crippen LogP contribution is 2.28. The number of fused-ring (bicyclic) bond motifs is 2. The minimum absolute atomic E-state index is 0.0237. The number of anilines is 4. The topological polar surface area (TPSA) is 232 Å². The fourth-order valence-electron chi connectivity index (χ4n) is 7.62. The van der Waals surface area contributed by atoms with E-state index in [-0.39, 0.29) is 52.0 Å². The van der Waals surface area contributed by atoms with E-state index in [0.29, 0.717) is 52.7 Å². The van der Waals surface area contributed by atoms with Crippen LogP contribution in [0.1, 0.15) is 22.3 Å². The molecule has 76 heavy (non-hydrogen) atoms. The van der Waals surface area contributed by atoms with Gasteiger partial charge in [0.25, 0.3) is 0 Å². The highest BCUT2D eigenvalue weighted by Gasteiger charge is 2.27. The van der Waals surface area contributed by atoms with E-state index in [1.807, 2.05) is 0 Å². The van der Waals surface area contributed by atoms with Crippen molar-refractivity contribution in [1.82, 2.24) is 39.7 Å². The summed E-state index contributed by atoms with van der Waals surface area (Å²) in [5, 5.41) is 16.4. The van der Waals surface area contributed by atoms with E-state index in [0.717, 1.165) is 64.4 Å². The molecule has 0 saturated carbocycles. The predicted octanol–water partition coefficient (Wildman–Crippen LogP) is 8.31. The Kier molecular flexibility index (Phi) is 17.1. The molecule has 7 N–H and O–H groups in total. The average Bonchev–Trinajstić information content (AvgIpc) is 4.00. The Morgan fingerprint density at radius 3 is 1.36 bits per heavy atom. The van der Waals surface area contributed by atoms with Crippen LogP contribution in [0.4, 0.5) is 58.1 Å². The maximum Gasteiger partial charge on any atom is 0.314 e. The van der Waals surface area contributed by atoms with Gasteiger partial charge in [0.2, 0.25) is 0 Å². The van der Waals surface area contributed by atoms with E-state index in [1.165, 1.54) is 29.5 Å². The number of nitrogens with zero attached hydrogens (tertiary/aromatic N) is 7. The van der Waals surface area contributed by atoms with Gasteiger partial charge in [-0.15, -0.1) is 0 Å². The third kappa shape index (κ3) is 14.5. The van der Waals surface area contributed by atoms with Gasteiger partial charge in [0.05, 0.1) is 58.0 Å². The fraction of sp³-hybridized carbons (Fsp3) is 0.200. The van der Waals surface area contributed by atoms with Gasteiger partial charge in [-0.25, -0.2) is 49.8 Å². The number of carbonyl (C=O) groups excluding carboxylic acids is 4. The molecule has 0 aliphatic carbocycles. The first-order valence-electron chi connectivity index (χ1n) is 22.7. The van der Waals surface area contributed by atoms with Crippen molar-refractivity contribution in [2.24, 2.45) is 0 Å². The normalized spacial score (nSPS) is 11.3. The summed E-state index contributed by atoms with van der Waals surface area (Å²) in [5.74, 6) is -11.4. The largest absolute Gasteiger partial charge is 0.383 e. The second-order valence-electron chi connectivity index (χ2n) is 18.4. The number of nitrogens with one attached hydrogen (secondary N) is 3. The van der Waals surface area contributed by atoms with Gasteiger partial charge >= 0.3 is 23.6 Å². The smallest absolute Gasteiger partial charge is 0.314 e. The number of hydrogen-bond acceptors (Lipinski definition) is 11. The zero-order valence-corrected chi connectivity index (χ0v) is 41.5. The molecule has 4 heterocycles. The van der Waals surface area contributed by atoms with Crippen molar-refractivity contribution in [2.75, 3.05) is 28.7 Å². The standard InChI is InChI=1S/C28H30F4N6O3Si.C22H16F4N6O2/c1-42(2,3)5-4-41-16-38-25-23(12-35-38)26(33)34-13-24(25)36-27(39)28(40)37(14-17-6-19(29)10-20(30)7-17)15-18-8-21(31)11-22(32)9-18;23-13-1-11(2-14(24)5-13)9-32(10-12-3-15(25)6-16(26)4-12)22(34)21(33)30-18-8-28-20(27)17-7-29-31-19(17)18/h6-13H,4-5,14-16H2,1-3H3,(H2,33,34)(H,36,39);1-8H,9-10H2,(H2,27,28)(H,29,31)(H,30,33). The minimum Gasteiger partial charge on any atom is -0.383 e. The van der Waals surface area contributed by atoms with E-state index in [9.17, 15) is 54.3 Å². The van der Waals surface area contributed by atoms with Crippen LogP contribution in [0.15, 0.2) is 97.6 Å². The summed E-state index contributed by atoms with van der Waals surface area (Å²) in [6.45, 7) is 5.51. The number of pyridine rings is 2. The molecule has 0 unspecified atom stereocenters. The molecule has 8 aromatic rings. The van der Waals surface area contributed by atoms with Gasteiger partial charge in [0, 0.05) is 65.1 Å². The number of ether oxygens (including phenoxy) is 1.